The number of hydrogen-bond donors (Lipinski definition) is 1. The zero-order chi connectivity index (χ0) is 12.5. The normalized spacial score (nSPS) is 18.6. The molecule has 1 aromatic heterocycles. The van der Waals surface area contributed by atoms with Gasteiger partial charge in [0.1, 0.15) is 17.2 Å². The highest BCUT2D eigenvalue weighted by molar-refractivity contribution is 5.77. The Labute approximate surface area is 103 Å². The number of ether oxygens (including phenoxy) is 2. The maximum Gasteiger partial charge on any atom is 0.159 e. The van der Waals surface area contributed by atoms with E-state index in [0.29, 0.717) is 36.4 Å². The van der Waals surface area contributed by atoms with E-state index in [1.54, 1.807) is 12.1 Å². The first-order valence-corrected chi connectivity index (χ1v) is 5.90. The van der Waals surface area contributed by atoms with Crippen molar-refractivity contribution < 1.29 is 18.3 Å². The molecule has 18 heavy (non-hydrogen) atoms. The Morgan fingerprint density at radius 2 is 2.06 bits per heavy atom. The van der Waals surface area contributed by atoms with Crippen LogP contribution in [-0.4, -0.2) is 19.5 Å². The van der Waals surface area contributed by atoms with E-state index in [1.807, 2.05) is 0 Å². The molecule has 0 bridgehead atoms. The molecule has 0 radical (unpaired) electrons. The molecule has 0 aliphatic carbocycles. The monoisotopic (exact) mass is 251 g/mol. The van der Waals surface area contributed by atoms with E-state index >= 15 is 0 Å². The van der Waals surface area contributed by atoms with E-state index in [0.717, 1.165) is 0 Å². The Bertz CT molecular complexity index is 548. The predicted octanol–water partition coefficient (Wildman–Crippen LogP) is 2.33. The fraction of sp³-hybridized carbons (Fsp3) is 0.385. The molecule has 96 valence electrons. The minimum atomic E-state index is -0.316. The molecule has 3 rings (SSSR count). The van der Waals surface area contributed by atoms with Crippen molar-refractivity contribution in [2.24, 2.45) is 5.73 Å². The van der Waals surface area contributed by atoms with Gasteiger partial charge in [0.2, 0.25) is 0 Å². The Kier molecular flexibility index (Phi) is 3.03. The SMILES string of the molecule is NC(CC1OCCO1)c1cc2cc(F)ccc2o1. The molecule has 2 N–H and O–H groups in total. The maximum atomic E-state index is 13.1. The van der Waals surface area contributed by atoms with Crippen LogP contribution in [0.25, 0.3) is 11.0 Å². The molecule has 4 nitrogen and oxygen atoms in total. The van der Waals surface area contributed by atoms with Crippen molar-refractivity contribution in [3.05, 3.63) is 35.8 Å². The third-order valence-electron chi connectivity index (χ3n) is 3.00. The largest absolute Gasteiger partial charge is 0.459 e. The van der Waals surface area contributed by atoms with Crippen LogP contribution in [0.2, 0.25) is 0 Å². The van der Waals surface area contributed by atoms with Gasteiger partial charge in [-0.2, -0.15) is 0 Å². The summed E-state index contributed by atoms with van der Waals surface area (Å²) in [6, 6.07) is 5.84. The molecule has 1 unspecified atom stereocenters. The van der Waals surface area contributed by atoms with E-state index in [9.17, 15) is 4.39 Å². The molecule has 1 atom stereocenters. The van der Waals surface area contributed by atoms with Crippen molar-refractivity contribution in [3.8, 4) is 0 Å². The van der Waals surface area contributed by atoms with Gasteiger partial charge in [0.05, 0.1) is 19.3 Å². The van der Waals surface area contributed by atoms with E-state index in [4.69, 9.17) is 19.6 Å². The van der Waals surface area contributed by atoms with Crippen LogP contribution in [0.1, 0.15) is 18.2 Å². The first-order valence-electron chi connectivity index (χ1n) is 5.90. The van der Waals surface area contributed by atoms with Gasteiger partial charge in [-0.3, -0.25) is 0 Å². The summed E-state index contributed by atoms with van der Waals surface area (Å²) in [6.07, 6.45) is 0.257. The lowest BCUT2D eigenvalue weighted by atomic mass is 10.1. The highest BCUT2D eigenvalue weighted by Gasteiger charge is 2.22. The summed E-state index contributed by atoms with van der Waals surface area (Å²) in [6.45, 7) is 1.20. The summed E-state index contributed by atoms with van der Waals surface area (Å²) in [4.78, 5) is 0. The van der Waals surface area contributed by atoms with E-state index in [1.165, 1.54) is 12.1 Å². The number of furan rings is 1. The Balaban J connectivity index is 1.80. The van der Waals surface area contributed by atoms with Gasteiger partial charge in [-0.15, -0.1) is 0 Å². The molecule has 1 aliphatic heterocycles. The molecular weight excluding hydrogens is 237 g/mol. The smallest absolute Gasteiger partial charge is 0.159 e. The number of rotatable bonds is 3. The minimum Gasteiger partial charge on any atom is -0.459 e. The quantitative estimate of drug-likeness (QED) is 0.909. The lowest BCUT2D eigenvalue weighted by Crippen LogP contribution is -2.18. The Morgan fingerprint density at radius 3 is 2.83 bits per heavy atom. The third kappa shape index (κ3) is 2.25. The van der Waals surface area contributed by atoms with Crippen molar-refractivity contribution in [1.29, 1.82) is 0 Å². The summed E-state index contributed by atoms with van der Waals surface area (Å²) in [5, 5.41) is 0.716. The molecular formula is C13H14FNO3. The van der Waals surface area contributed by atoms with Crippen molar-refractivity contribution >= 4 is 11.0 Å². The second-order valence-corrected chi connectivity index (χ2v) is 4.34. The number of benzene rings is 1. The van der Waals surface area contributed by atoms with E-state index < -0.39 is 0 Å². The summed E-state index contributed by atoms with van der Waals surface area (Å²) in [5.74, 6) is 0.334. The van der Waals surface area contributed by atoms with Gasteiger partial charge >= 0.3 is 0 Å². The van der Waals surface area contributed by atoms with Crippen molar-refractivity contribution in [2.45, 2.75) is 18.8 Å². The van der Waals surface area contributed by atoms with E-state index in [-0.39, 0.29) is 18.1 Å². The van der Waals surface area contributed by atoms with Crippen LogP contribution in [0.5, 0.6) is 0 Å². The predicted molar refractivity (Wildman–Crippen MR) is 63.4 cm³/mol. The molecule has 1 aromatic carbocycles. The summed E-state index contributed by atoms with van der Waals surface area (Å²) < 4.78 is 29.3. The van der Waals surface area contributed by atoms with Crippen LogP contribution < -0.4 is 5.73 Å². The van der Waals surface area contributed by atoms with Gasteiger partial charge in [0.15, 0.2) is 6.29 Å². The molecule has 1 fully saturated rings. The van der Waals surface area contributed by atoms with Gasteiger partial charge in [0.25, 0.3) is 0 Å². The highest BCUT2D eigenvalue weighted by atomic mass is 19.1. The summed E-state index contributed by atoms with van der Waals surface area (Å²) in [5.41, 5.74) is 6.66. The first kappa shape index (κ1) is 11.6. The second-order valence-electron chi connectivity index (χ2n) is 4.34. The average molecular weight is 251 g/mol. The zero-order valence-electron chi connectivity index (χ0n) is 9.77. The van der Waals surface area contributed by atoms with Crippen LogP contribution in [0.15, 0.2) is 28.7 Å². The van der Waals surface area contributed by atoms with Gasteiger partial charge in [-0.25, -0.2) is 4.39 Å². The molecule has 1 saturated heterocycles. The van der Waals surface area contributed by atoms with Crippen LogP contribution in [0.4, 0.5) is 4.39 Å². The minimum absolute atomic E-state index is 0.273. The van der Waals surface area contributed by atoms with Crippen LogP contribution in [0.3, 0.4) is 0 Å². The molecule has 2 aromatic rings. The first-order chi connectivity index (χ1) is 8.72. The zero-order valence-corrected chi connectivity index (χ0v) is 9.77. The molecule has 0 saturated carbocycles. The van der Waals surface area contributed by atoms with Gasteiger partial charge in [-0.1, -0.05) is 0 Å². The van der Waals surface area contributed by atoms with Crippen molar-refractivity contribution in [3.63, 3.8) is 0 Å². The molecule has 0 amide bonds. The lowest BCUT2D eigenvalue weighted by molar-refractivity contribution is -0.0517. The van der Waals surface area contributed by atoms with Gasteiger partial charge < -0.3 is 19.6 Å². The molecule has 0 spiro atoms. The van der Waals surface area contributed by atoms with Crippen LogP contribution >= 0.6 is 0 Å². The Morgan fingerprint density at radius 1 is 1.28 bits per heavy atom. The fourth-order valence-corrected chi connectivity index (χ4v) is 2.08. The van der Waals surface area contributed by atoms with Crippen molar-refractivity contribution in [2.75, 3.05) is 13.2 Å². The average Bonchev–Trinajstić information content (AvgIpc) is 2.96. The second kappa shape index (κ2) is 4.68. The third-order valence-corrected chi connectivity index (χ3v) is 3.00. The standard InChI is InChI=1S/C13H14FNO3/c14-9-1-2-11-8(5-9)6-12(18-11)10(15)7-13-16-3-4-17-13/h1-2,5-6,10,13H,3-4,7,15H2. The van der Waals surface area contributed by atoms with Crippen LogP contribution in [-0.2, 0) is 9.47 Å². The number of hydrogen-bond acceptors (Lipinski definition) is 4. The lowest BCUT2D eigenvalue weighted by Gasteiger charge is -2.13. The number of halogens is 1. The molecule has 2 heterocycles. The van der Waals surface area contributed by atoms with Gasteiger partial charge in [-0.05, 0) is 24.3 Å². The summed E-state index contributed by atoms with van der Waals surface area (Å²) in [7, 11) is 0. The molecule has 1 aliphatic rings. The molecule has 5 heteroatoms. The number of nitrogens with two attached hydrogens (primary N) is 1. The summed E-state index contributed by atoms with van der Waals surface area (Å²) >= 11 is 0. The maximum absolute atomic E-state index is 13.1. The Hall–Kier alpha value is -1.43. The topological polar surface area (TPSA) is 57.6 Å². The van der Waals surface area contributed by atoms with Crippen LogP contribution in [0, 0.1) is 5.82 Å². The number of fused-ring (bicyclic) bond motifs is 1. The highest BCUT2D eigenvalue weighted by Crippen LogP contribution is 2.27. The van der Waals surface area contributed by atoms with E-state index in [2.05, 4.69) is 0 Å². The fourth-order valence-electron chi connectivity index (χ4n) is 2.08. The van der Waals surface area contributed by atoms with Crippen molar-refractivity contribution in [1.82, 2.24) is 0 Å². The van der Waals surface area contributed by atoms with Gasteiger partial charge in [0, 0.05) is 11.8 Å².